The lowest BCUT2D eigenvalue weighted by atomic mass is 9.93. The molecule has 1 aromatic rings. The van der Waals surface area contributed by atoms with E-state index in [4.69, 9.17) is 5.11 Å². The van der Waals surface area contributed by atoms with Crippen molar-refractivity contribution in [2.75, 3.05) is 0 Å². The van der Waals surface area contributed by atoms with Crippen LogP contribution in [-0.4, -0.2) is 22.3 Å². The summed E-state index contributed by atoms with van der Waals surface area (Å²) in [6.45, 7) is 1.47. The molecule has 0 aliphatic heterocycles. The molecule has 1 fully saturated rings. The number of aliphatic carboxylic acids is 1. The molecule has 0 saturated heterocycles. The van der Waals surface area contributed by atoms with E-state index in [0.717, 1.165) is 24.8 Å². The molecule has 0 spiro atoms. The molecule has 3 nitrogen and oxygen atoms in total. The topological polar surface area (TPSA) is 57.5 Å². The number of halogens is 1. The number of hydrogen-bond donors (Lipinski definition) is 2. The lowest BCUT2D eigenvalue weighted by Gasteiger charge is -2.15. The summed E-state index contributed by atoms with van der Waals surface area (Å²) in [5.74, 6) is -2.15. The van der Waals surface area contributed by atoms with Crippen LogP contribution in [0.3, 0.4) is 0 Å². The highest BCUT2D eigenvalue weighted by molar-refractivity contribution is 5.75. The minimum atomic E-state index is -1.03. The lowest BCUT2D eigenvalue weighted by molar-refractivity contribution is -0.138. The van der Waals surface area contributed by atoms with Crippen LogP contribution in [-0.2, 0) is 11.2 Å². The predicted octanol–water partition coefficient (Wildman–Crippen LogP) is 2.72. The zero-order valence-corrected chi connectivity index (χ0v) is 11.0. The van der Waals surface area contributed by atoms with Gasteiger partial charge in [0, 0.05) is 5.56 Å². The number of rotatable bonds is 4. The van der Waals surface area contributed by atoms with E-state index in [9.17, 15) is 14.3 Å². The van der Waals surface area contributed by atoms with Gasteiger partial charge in [-0.15, -0.1) is 0 Å². The molecule has 4 heteroatoms. The number of aliphatic hydroxyl groups is 1. The Morgan fingerprint density at radius 3 is 2.74 bits per heavy atom. The maximum absolute atomic E-state index is 13.9. The third kappa shape index (κ3) is 3.13. The lowest BCUT2D eigenvalue weighted by Crippen LogP contribution is -2.16. The maximum Gasteiger partial charge on any atom is 0.310 e. The molecule has 1 saturated carbocycles. The van der Waals surface area contributed by atoms with Crippen molar-refractivity contribution in [1.82, 2.24) is 0 Å². The van der Waals surface area contributed by atoms with Crippen LogP contribution in [0.1, 0.15) is 43.2 Å². The molecular weight excluding hydrogens is 247 g/mol. The van der Waals surface area contributed by atoms with Gasteiger partial charge in [-0.25, -0.2) is 4.39 Å². The van der Waals surface area contributed by atoms with Gasteiger partial charge in [0.2, 0.25) is 0 Å². The number of benzene rings is 1. The summed E-state index contributed by atoms with van der Waals surface area (Å²) in [6, 6.07) is 4.72. The molecule has 0 aromatic heterocycles. The summed E-state index contributed by atoms with van der Waals surface area (Å²) in [4.78, 5) is 10.9. The highest BCUT2D eigenvalue weighted by Crippen LogP contribution is 2.29. The Hall–Kier alpha value is -1.42. The van der Waals surface area contributed by atoms with Gasteiger partial charge in [-0.05, 0) is 43.7 Å². The number of hydrogen-bond acceptors (Lipinski definition) is 2. The Bertz CT molecular complexity index is 472. The number of aliphatic hydroxyl groups excluding tert-OH is 1. The number of carboxylic acid groups (broad SMARTS) is 1. The van der Waals surface area contributed by atoms with Crippen LogP contribution >= 0.6 is 0 Å². The Labute approximate surface area is 112 Å². The van der Waals surface area contributed by atoms with Crippen molar-refractivity contribution >= 4 is 5.97 Å². The summed E-state index contributed by atoms with van der Waals surface area (Å²) < 4.78 is 13.9. The Morgan fingerprint density at radius 1 is 1.47 bits per heavy atom. The van der Waals surface area contributed by atoms with E-state index in [2.05, 4.69) is 0 Å². The van der Waals surface area contributed by atoms with Crippen molar-refractivity contribution in [3.05, 3.63) is 35.1 Å². The van der Waals surface area contributed by atoms with Crippen molar-refractivity contribution in [1.29, 1.82) is 0 Å². The van der Waals surface area contributed by atoms with Crippen LogP contribution in [0.5, 0.6) is 0 Å². The normalized spacial score (nSPS) is 24.4. The van der Waals surface area contributed by atoms with E-state index < -0.39 is 17.7 Å². The van der Waals surface area contributed by atoms with Gasteiger partial charge in [0.05, 0.1) is 12.0 Å². The molecule has 1 aliphatic carbocycles. The van der Waals surface area contributed by atoms with Gasteiger partial charge in [0.15, 0.2) is 0 Å². The van der Waals surface area contributed by atoms with E-state index >= 15 is 0 Å². The SMILES string of the molecule is CC(C(=O)O)c1ccc(CC2CCC[C@@H]2O)cc1F. The van der Waals surface area contributed by atoms with Gasteiger partial charge >= 0.3 is 5.97 Å². The summed E-state index contributed by atoms with van der Waals surface area (Å²) in [5.41, 5.74) is 1.04. The van der Waals surface area contributed by atoms with Crippen LogP contribution < -0.4 is 0 Å². The summed E-state index contributed by atoms with van der Waals surface area (Å²) in [5, 5.41) is 18.7. The first-order valence-electron chi connectivity index (χ1n) is 6.68. The highest BCUT2D eigenvalue weighted by atomic mass is 19.1. The molecule has 3 atom stereocenters. The first-order valence-corrected chi connectivity index (χ1v) is 6.68. The minimum Gasteiger partial charge on any atom is -0.481 e. The Morgan fingerprint density at radius 2 is 2.21 bits per heavy atom. The quantitative estimate of drug-likeness (QED) is 0.881. The average Bonchev–Trinajstić information content (AvgIpc) is 2.74. The first kappa shape index (κ1) is 14.0. The van der Waals surface area contributed by atoms with Crippen molar-refractivity contribution in [3.8, 4) is 0 Å². The van der Waals surface area contributed by atoms with Gasteiger partial charge in [-0.3, -0.25) is 4.79 Å². The van der Waals surface area contributed by atoms with E-state index in [1.54, 1.807) is 12.1 Å². The fraction of sp³-hybridized carbons (Fsp3) is 0.533. The largest absolute Gasteiger partial charge is 0.481 e. The van der Waals surface area contributed by atoms with E-state index in [1.807, 2.05) is 0 Å². The molecule has 1 aliphatic rings. The average molecular weight is 266 g/mol. The highest BCUT2D eigenvalue weighted by Gasteiger charge is 2.26. The summed E-state index contributed by atoms with van der Waals surface area (Å²) in [6.07, 6.45) is 3.17. The standard InChI is InChI=1S/C15H19FO3/c1-9(15(18)19)12-6-5-10(8-13(12)16)7-11-3-2-4-14(11)17/h5-6,8-9,11,14,17H,2-4,7H2,1H3,(H,18,19)/t9?,11?,14-/m0/s1. The smallest absolute Gasteiger partial charge is 0.310 e. The third-order valence-corrected chi connectivity index (χ3v) is 4.02. The molecule has 0 amide bonds. The van der Waals surface area contributed by atoms with E-state index in [-0.39, 0.29) is 17.6 Å². The minimum absolute atomic E-state index is 0.196. The summed E-state index contributed by atoms with van der Waals surface area (Å²) >= 11 is 0. The molecule has 1 aromatic carbocycles. The zero-order chi connectivity index (χ0) is 14.0. The zero-order valence-electron chi connectivity index (χ0n) is 11.0. The van der Waals surface area contributed by atoms with Crippen molar-refractivity contribution in [3.63, 3.8) is 0 Å². The molecule has 19 heavy (non-hydrogen) atoms. The predicted molar refractivity (Wildman–Crippen MR) is 69.5 cm³/mol. The molecule has 0 bridgehead atoms. The van der Waals surface area contributed by atoms with Crippen molar-refractivity contribution in [2.24, 2.45) is 5.92 Å². The van der Waals surface area contributed by atoms with Gasteiger partial charge in [-0.2, -0.15) is 0 Å². The van der Waals surface area contributed by atoms with Gasteiger partial charge in [0.25, 0.3) is 0 Å². The first-order chi connectivity index (χ1) is 8.99. The van der Waals surface area contributed by atoms with Crippen LogP contribution in [0.25, 0.3) is 0 Å². The van der Waals surface area contributed by atoms with Crippen molar-refractivity contribution < 1.29 is 19.4 Å². The second kappa shape index (κ2) is 5.70. The fourth-order valence-electron chi connectivity index (χ4n) is 2.74. The summed E-state index contributed by atoms with van der Waals surface area (Å²) in [7, 11) is 0. The monoisotopic (exact) mass is 266 g/mol. The molecule has 2 N–H and O–H groups in total. The molecule has 0 radical (unpaired) electrons. The van der Waals surface area contributed by atoms with Crippen molar-refractivity contribution in [2.45, 2.75) is 44.6 Å². The Kier molecular flexibility index (Phi) is 4.20. The second-order valence-electron chi connectivity index (χ2n) is 5.38. The van der Waals surface area contributed by atoms with Crippen LogP contribution in [0.2, 0.25) is 0 Å². The molecule has 2 unspecified atom stereocenters. The molecular formula is C15H19FO3. The van der Waals surface area contributed by atoms with Gasteiger partial charge in [0.1, 0.15) is 5.82 Å². The van der Waals surface area contributed by atoms with Crippen LogP contribution in [0.15, 0.2) is 18.2 Å². The second-order valence-corrected chi connectivity index (χ2v) is 5.38. The fourth-order valence-corrected chi connectivity index (χ4v) is 2.74. The number of carboxylic acids is 1. The van der Waals surface area contributed by atoms with Gasteiger partial charge < -0.3 is 10.2 Å². The molecule has 104 valence electrons. The van der Waals surface area contributed by atoms with Gasteiger partial charge in [-0.1, -0.05) is 18.6 Å². The molecule has 0 heterocycles. The molecule has 2 rings (SSSR count). The third-order valence-electron chi connectivity index (χ3n) is 4.02. The van der Waals surface area contributed by atoms with Crippen LogP contribution in [0, 0.1) is 11.7 Å². The maximum atomic E-state index is 13.9. The van der Waals surface area contributed by atoms with E-state index in [1.165, 1.54) is 13.0 Å². The van der Waals surface area contributed by atoms with Crippen LogP contribution in [0.4, 0.5) is 4.39 Å². The number of carbonyl (C=O) groups is 1. The Balaban J connectivity index is 2.12. The van der Waals surface area contributed by atoms with E-state index in [0.29, 0.717) is 6.42 Å².